The number of hydrogen-bond donors (Lipinski definition) is 1. The third kappa shape index (κ3) is 3.15. The molecule has 118 valence electrons. The molecule has 0 saturated carbocycles. The minimum Gasteiger partial charge on any atom is -0.408 e. The lowest BCUT2D eigenvalue weighted by atomic mass is 10.1. The molecule has 6 heteroatoms. The van der Waals surface area contributed by atoms with Crippen LogP contribution in [0.1, 0.15) is 11.1 Å². The van der Waals surface area contributed by atoms with Gasteiger partial charge in [0.2, 0.25) is 5.91 Å². The molecule has 0 bridgehead atoms. The van der Waals surface area contributed by atoms with Crippen LogP contribution in [0.3, 0.4) is 0 Å². The molecule has 0 saturated heterocycles. The Hall–Kier alpha value is -2.89. The molecule has 23 heavy (non-hydrogen) atoms. The summed E-state index contributed by atoms with van der Waals surface area (Å²) in [5, 5.41) is 2.73. The summed E-state index contributed by atoms with van der Waals surface area (Å²) in [5.41, 5.74) is 2.32. The van der Waals surface area contributed by atoms with E-state index in [2.05, 4.69) is 5.32 Å². The van der Waals surface area contributed by atoms with Crippen LogP contribution in [0.2, 0.25) is 0 Å². The van der Waals surface area contributed by atoms with Crippen LogP contribution in [0.4, 0.5) is 4.39 Å². The number of oxazole rings is 1. The second-order valence-corrected chi connectivity index (χ2v) is 5.27. The lowest BCUT2D eigenvalue weighted by Crippen LogP contribution is -2.24. The maximum absolute atomic E-state index is 13.5. The first kappa shape index (κ1) is 15.0. The monoisotopic (exact) mass is 314 g/mol. The van der Waals surface area contributed by atoms with Gasteiger partial charge in [-0.3, -0.25) is 9.36 Å². The Balaban J connectivity index is 1.67. The van der Waals surface area contributed by atoms with Gasteiger partial charge in [0.25, 0.3) is 0 Å². The van der Waals surface area contributed by atoms with Gasteiger partial charge in [0.1, 0.15) is 5.82 Å². The quantitative estimate of drug-likeness (QED) is 0.802. The summed E-state index contributed by atoms with van der Waals surface area (Å²) in [6, 6.07) is 11.5. The number of benzene rings is 2. The summed E-state index contributed by atoms with van der Waals surface area (Å²) in [6.07, 6.45) is -0.0185. The molecule has 0 aliphatic heterocycles. The Labute approximate surface area is 131 Å². The zero-order chi connectivity index (χ0) is 16.4. The molecule has 1 N–H and O–H groups in total. The van der Waals surface area contributed by atoms with Crippen molar-refractivity contribution in [1.29, 1.82) is 0 Å². The van der Waals surface area contributed by atoms with Crippen molar-refractivity contribution in [3.63, 3.8) is 0 Å². The molecular formula is C17H15FN2O3. The summed E-state index contributed by atoms with van der Waals surface area (Å²) in [5.74, 6) is -1.10. The highest BCUT2D eigenvalue weighted by atomic mass is 19.1. The number of hydrogen-bond acceptors (Lipinski definition) is 3. The van der Waals surface area contributed by atoms with Gasteiger partial charge in [-0.05, 0) is 29.3 Å². The van der Waals surface area contributed by atoms with E-state index in [1.165, 1.54) is 10.6 Å². The first-order valence-corrected chi connectivity index (χ1v) is 7.13. The molecule has 0 radical (unpaired) electrons. The van der Waals surface area contributed by atoms with Crippen LogP contribution in [-0.4, -0.2) is 10.5 Å². The van der Waals surface area contributed by atoms with E-state index in [9.17, 15) is 14.0 Å². The average Bonchev–Trinajstić information content (AvgIpc) is 2.82. The maximum Gasteiger partial charge on any atom is 0.419 e. The van der Waals surface area contributed by atoms with E-state index in [1.54, 1.807) is 43.4 Å². The Morgan fingerprint density at radius 1 is 1.26 bits per heavy atom. The SMILES string of the molecule is Cn1c(=O)oc2cc(CNC(=O)Cc3ccccc3F)ccc21. The summed E-state index contributed by atoms with van der Waals surface area (Å²) >= 11 is 0. The Morgan fingerprint density at radius 2 is 2.04 bits per heavy atom. The first-order valence-electron chi connectivity index (χ1n) is 7.13. The molecule has 0 atom stereocenters. The predicted molar refractivity (Wildman–Crippen MR) is 83.4 cm³/mol. The van der Waals surface area contributed by atoms with Crippen LogP contribution >= 0.6 is 0 Å². The second-order valence-electron chi connectivity index (χ2n) is 5.27. The number of nitrogens with one attached hydrogen (secondary N) is 1. The van der Waals surface area contributed by atoms with Crippen molar-refractivity contribution < 1.29 is 13.6 Å². The van der Waals surface area contributed by atoms with E-state index >= 15 is 0 Å². The standard InChI is InChI=1S/C17H15FN2O3/c1-20-14-7-6-11(8-15(14)23-17(20)22)10-19-16(21)9-12-4-2-3-5-13(12)18/h2-8H,9-10H2,1H3,(H,19,21). The highest BCUT2D eigenvalue weighted by Crippen LogP contribution is 2.14. The normalized spacial score (nSPS) is 10.9. The van der Waals surface area contributed by atoms with Gasteiger partial charge in [0.15, 0.2) is 5.58 Å². The molecule has 5 nitrogen and oxygen atoms in total. The summed E-state index contributed by atoms with van der Waals surface area (Å²) in [6.45, 7) is 0.280. The Kier molecular flexibility index (Phi) is 3.97. The first-order chi connectivity index (χ1) is 11.0. The van der Waals surface area contributed by atoms with Crippen LogP contribution in [0.15, 0.2) is 51.7 Å². The predicted octanol–water partition coefficient (Wildman–Crippen LogP) is 2.13. The van der Waals surface area contributed by atoms with Gasteiger partial charge >= 0.3 is 5.76 Å². The fraction of sp³-hybridized carbons (Fsp3) is 0.176. The van der Waals surface area contributed by atoms with E-state index < -0.39 is 11.6 Å². The van der Waals surface area contributed by atoms with E-state index in [4.69, 9.17) is 4.42 Å². The molecule has 0 aliphatic carbocycles. The molecule has 1 heterocycles. The molecule has 3 rings (SSSR count). The van der Waals surface area contributed by atoms with E-state index in [-0.39, 0.29) is 18.9 Å². The van der Waals surface area contributed by atoms with Crippen LogP contribution in [0.25, 0.3) is 11.1 Å². The largest absolute Gasteiger partial charge is 0.419 e. The van der Waals surface area contributed by atoms with Crippen molar-refractivity contribution in [3.8, 4) is 0 Å². The molecule has 1 amide bonds. The smallest absolute Gasteiger partial charge is 0.408 e. The topological polar surface area (TPSA) is 64.2 Å². The highest BCUT2D eigenvalue weighted by Gasteiger charge is 2.09. The Bertz CT molecular complexity index is 927. The molecule has 0 aliphatic rings. The lowest BCUT2D eigenvalue weighted by Gasteiger charge is -2.06. The minimum atomic E-state index is -0.430. The third-order valence-corrected chi connectivity index (χ3v) is 3.66. The van der Waals surface area contributed by atoms with Crippen molar-refractivity contribution in [2.75, 3.05) is 0 Å². The second kappa shape index (κ2) is 6.08. The summed E-state index contributed by atoms with van der Waals surface area (Å²) in [7, 11) is 1.63. The number of amides is 1. The van der Waals surface area contributed by atoms with Gasteiger partial charge in [0, 0.05) is 13.6 Å². The number of nitrogens with zero attached hydrogens (tertiary/aromatic N) is 1. The molecule has 1 aromatic heterocycles. The van der Waals surface area contributed by atoms with Crippen LogP contribution < -0.4 is 11.1 Å². The Morgan fingerprint density at radius 3 is 2.83 bits per heavy atom. The number of aryl methyl sites for hydroxylation is 1. The van der Waals surface area contributed by atoms with E-state index in [0.717, 1.165) is 5.56 Å². The van der Waals surface area contributed by atoms with Gasteiger partial charge in [-0.25, -0.2) is 9.18 Å². The molecule has 2 aromatic carbocycles. The summed E-state index contributed by atoms with van der Waals surface area (Å²) in [4.78, 5) is 23.3. The van der Waals surface area contributed by atoms with Crippen molar-refractivity contribution in [2.24, 2.45) is 7.05 Å². The molecule has 0 spiro atoms. The fourth-order valence-corrected chi connectivity index (χ4v) is 2.37. The third-order valence-electron chi connectivity index (χ3n) is 3.66. The zero-order valence-corrected chi connectivity index (χ0v) is 12.5. The summed E-state index contributed by atoms with van der Waals surface area (Å²) < 4.78 is 20.0. The van der Waals surface area contributed by atoms with Crippen molar-refractivity contribution in [1.82, 2.24) is 9.88 Å². The van der Waals surface area contributed by atoms with Gasteiger partial charge in [-0.15, -0.1) is 0 Å². The van der Waals surface area contributed by atoms with Gasteiger partial charge < -0.3 is 9.73 Å². The fourth-order valence-electron chi connectivity index (χ4n) is 2.37. The van der Waals surface area contributed by atoms with Crippen molar-refractivity contribution in [3.05, 3.63) is 70.0 Å². The van der Waals surface area contributed by atoms with Crippen LogP contribution in [-0.2, 0) is 24.8 Å². The molecule has 0 fully saturated rings. The molecular weight excluding hydrogens is 299 g/mol. The average molecular weight is 314 g/mol. The molecule has 3 aromatic rings. The van der Waals surface area contributed by atoms with Crippen LogP contribution in [0.5, 0.6) is 0 Å². The van der Waals surface area contributed by atoms with Gasteiger partial charge in [-0.2, -0.15) is 0 Å². The number of rotatable bonds is 4. The number of halogens is 1. The van der Waals surface area contributed by atoms with E-state index in [1.807, 2.05) is 0 Å². The zero-order valence-electron chi connectivity index (χ0n) is 12.5. The number of carbonyl (C=O) groups is 1. The van der Waals surface area contributed by atoms with Crippen LogP contribution in [0, 0.1) is 5.82 Å². The lowest BCUT2D eigenvalue weighted by molar-refractivity contribution is -0.120. The number of aromatic nitrogens is 1. The minimum absolute atomic E-state index is 0.0185. The van der Waals surface area contributed by atoms with Gasteiger partial charge in [0.05, 0.1) is 11.9 Å². The number of carbonyl (C=O) groups excluding carboxylic acids is 1. The van der Waals surface area contributed by atoms with Gasteiger partial charge in [-0.1, -0.05) is 24.3 Å². The van der Waals surface area contributed by atoms with Crippen molar-refractivity contribution in [2.45, 2.75) is 13.0 Å². The molecule has 0 unspecified atom stereocenters. The highest BCUT2D eigenvalue weighted by molar-refractivity contribution is 5.79. The number of fused-ring (bicyclic) bond motifs is 1. The van der Waals surface area contributed by atoms with E-state index in [0.29, 0.717) is 16.7 Å². The van der Waals surface area contributed by atoms with Crippen molar-refractivity contribution >= 4 is 17.0 Å². The maximum atomic E-state index is 13.5.